The van der Waals surface area contributed by atoms with Crippen molar-refractivity contribution in [1.29, 1.82) is 0 Å². The number of aromatic nitrogens is 2. The molecule has 0 aliphatic heterocycles. The van der Waals surface area contributed by atoms with E-state index in [1.165, 1.54) is 19.3 Å². The van der Waals surface area contributed by atoms with Crippen molar-refractivity contribution in [3.63, 3.8) is 0 Å². The molecule has 0 saturated heterocycles. The van der Waals surface area contributed by atoms with Crippen LogP contribution < -0.4 is 5.32 Å². The van der Waals surface area contributed by atoms with Gasteiger partial charge in [-0.15, -0.1) is 0 Å². The van der Waals surface area contributed by atoms with E-state index in [0.29, 0.717) is 6.04 Å². The third-order valence-electron chi connectivity index (χ3n) is 2.33. The largest absolute Gasteiger partial charge is 0.315 e. The van der Waals surface area contributed by atoms with E-state index in [-0.39, 0.29) is 0 Å². The van der Waals surface area contributed by atoms with E-state index < -0.39 is 0 Å². The smallest absolute Gasteiger partial charge is 0.0643 e. The van der Waals surface area contributed by atoms with Crippen molar-refractivity contribution < 1.29 is 0 Å². The van der Waals surface area contributed by atoms with Gasteiger partial charge in [-0.25, -0.2) is 0 Å². The molecule has 0 aliphatic carbocycles. The van der Waals surface area contributed by atoms with E-state index in [4.69, 9.17) is 0 Å². The van der Waals surface area contributed by atoms with Crippen LogP contribution in [0, 0.1) is 0 Å². The first kappa shape index (κ1) is 11.2. The Balaban J connectivity index is 2.39. The van der Waals surface area contributed by atoms with Crippen LogP contribution >= 0.6 is 0 Å². The van der Waals surface area contributed by atoms with Crippen LogP contribution in [0.2, 0.25) is 0 Å². The summed E-state index contributed by atoms with van der Waals surface area (Å²) in [5, 5.41) is 7.74. The Bertz CT molecular complexity index is 218. The predicted molar refractivity (Wildman–Crippen MR) is 59.3 cm³/mol. The minimum atomic E-state index is 0.515. The Labute approximate surface area is 86.5 Å². The summed E-state index contributed by atoms with van der Waals surface area (Å²) in [6.45, 7) is 6.54. The number of hydrogen-bond acceptors (Lipinski definition) is 2. The van der Waals surface area contributed by atoms with E-state index in [1.54, 1.807) is 0 Å². The molecule has 14 heavy (non-hydrogen) atoms. The van der Waals surface area contributed by atoms with Crippen molar-refractivity contribution in [2.24, 2.45) is 0 Å². The van der Waals surface area contributed by atoms with Gasteiger partial charge in [-0.1, -0.05) is 20.3 Å². The standard InChI is InChI=1S/C11H21N3/c1-3-6-11(10-12-7-4-2)14-9-5-8-13-14/h5,8-9,11-12H,3-4,6-7,10H2,1-2H3. The van der Waals surface area contributed by atoms with E-state index in [0.717, 1.165) is 13.1 Å². The number of nitrogens with one attached hydrogen (secondary N) is 1. The van der Waals surface area contributed by atoms with Crippen molar-refractivity contribution >= 4 is 0 Å². The average molecular weight is 195 g/mol. The van der Waals surface area contributed by atoms with Crippen LogP contribution in [0.3, 0.4) is 0 Å². The first-order chi connectivity index (χ1) is 6.88. The molecule has 1 aromatic heterocycles. The van der Waals surface area contributed by atoms with Crippen molar-refractivity contribution in [2.45, 2.75) is 39.2 Å². The molecule has 80 valence electrons. The topological polar surface area (TPSA) is 29.9 Å². The normalized spacial score (nSPS) is 13.0. The van der Waals surface area contributed by atoms with E-state index in [2.05, 4.69) is 28.9 Å². The lowest BCUT2D eigenvalue weighted by atomic mass is 10.1. The van der Waals surface area contributed by atoms with Crippen LogP contribution in [0.25, 0.3) is 0 Å². The molecule has 0 aromatic carbocycles. The summed E-state index contributed by atoms with van der Waals surface area (Å²) < 4.78 is 2.06. The summed E-state index contributed by atoms with van der Waals surface area (Å²) in [5.41, 5.74) is 0. The fourth-order valence-corrected chi connectivity index (χ4v) is 1.60. The van der Waals surface area contributed by atoms with E-state index in [9.17, 15) is 0 Å². The second-order valence-corrected chi connectivity index (χ2v) is 3.63. The van der Waals surface area contributed by atoms with Crippen LogP contribution in [0.4, 0.5) is 0 Å². The monoisotopic (exact) mass is 195 g/mol. The van der Waals surface area contributed by atoms with Gasteiger partial charge in [0, 0.05) is 18.9 Å². The quantitative estimate of drug-likeness (QED) is 0.676. The van der Waals surface area contributed by atoms with Crippen LogP contribution in [0.15, 0.2) is 18.5 Å². The maximum Gasteiger partial charge on any atom is 0.0643 e. The van der Waals surface area contributed by atoms with Gasteiger partial charge in [0.05, 0.1) is 6.04 Å². The average Bonchev–Trinajstić information content (AvgIpc) is 2.70. The highest BCUT2D eigenvalue weighted by molar-refractivity contribution is 4.82. The molecule has 1 N–H and O–H groups in total. The van der Waals surface area contributed by atoms with Gasteiger partial charge in [0.25, 0.3) is 0 Å². The Morgan fingerprint density at radius 2 is 2.21 bits per heavy atom. The SMILES string of the molecule is CCCNCC(CCC)n1cccn1. The number of nitrogens with zero attached hydrogens (tertiary/aromatic N) is 2. The first-order valence-electron chi connectivity index (χ1n) is 5.58. The Morgan fingerprint density at radius 3 is 2.79 bits per heavy atom. The lowest BCUT2D eigenvalue weighted by molar-refractivity contribution is 0.396. The van der Waals surface area contributed by atoms with Crippen LogP contribution in [0.5, 0.6) is 0 Å². The van der Waals surface area contributed by atoms with E-state index >= 15 is 0 Å². The van der Waals surface area contributed by atoms with Crippen molar-refractivity contribution in [3.8, 4) is 0 Å². The molecule has 0 bridgehead atoms. The Kier molecular flexibility index (Phi) is 5.30. The van der Waals surface area contributed by atoms with Gasteiger partial charge in [-0.3, -0.25) is 4.68 Å². The van der Waals surface area contributed by atoms with Gasteiger partial charge in [-0.2, -0.15) is 5.10 Å². The molecule has 0 saturated carbocycles. The van der Waals surface area contributed by atoms with E-state index in [1.807, 2.05) is 18.5 Å². The minimum absolute atomic E-state index is 0.515. The van der Waals surface area contributed by atoms with Gasteiger partial charge in [-0.05, 0) is 25.5 Å². The van der Waals surface area contributed by atoms with Gasteiger partial charge in [0.2, 0.25) is 0 Å². The molecule has 0 amide bonds. The molecule has 0 fully saturated rings. The molecule has 3 heteroatoms. The summed E-state index contributed by atoms with van der Waals surface area (Å²) in [6, 6.07) is 2.50. The predicted octanol–water partition coefficient (Wildman–Crippen LogP) is 2.22. The highest BCUT2D eigenvalue weighted by atomic mass is 15.3. The van der Waals surface area contributed by atoms with Crippen LogP contribution in [0.1, 0.15) is 39.2 Å². The molecule has 3 nitrogen and oxygen atoms in total. The molecule has 0 radical (unpaired) electrons. The van der Waals surface area contributed by atoms with Gasteiger partial charge in [0.1, 0.15) is 0 Å². The van der Waals surface area contributed by atoms with Crippen molar-refractivity contribution in [3.05, 3.63) is 18.5 Å². The minimum Gasteiger partial charge on any atom is -0.315 e. The molecule has 1 heterocycles. The summed E-state index contributed by atoms with van der Waals surface area (Å²) in [6.07, 6.45) is 7.49. The molecule has 1 atom stereocenters. The maximum absolute atomic E-state index is 4.29. The highest BCUT2D eigenvalue weighted by Crippen LogP contribution is 2.10. The summed E-state index contributed by atoms with van der Waals surface area (Å²) in [7, 11) is 0. The Morgan fingerprint density at radius 1 is 1.36 bits per heavy atom. The lowest BCUT2D eigenvalue weighted by Crippen LogP contribution is -2.26. The zero-order valence-electron chi connectivity index (χ0n) is 9.24. The number of hydrogen-bond donors (Lipinski definition) is 1. The fraction of sp³-hybridized carbons (Fsp3) is 0.727. The van der Waals surface area contributed by atoms with Gasteiger partial charge < -0.3 is 5.32 Å². The summed E-state index contributed by atoms with van der Waals surface area (Å²) in [5.74, 6) is 0. The van der Waals surface area contributed by atoms with Gasteiger partial charge in [0.15, 0.2) is 0 Å². The molecular weight excluding hydrogens is 174 g/mol. The lowest BCUT2D eigenvalue weighted by Gasteiger charge is -2.17. The van der Waals surface area contributed by atoms with Crippen LogP contribution in [-0.2, 0) is 0 Å². The maximum atomic E-state index is 4.29. The highest BCUT2D eigenvalue weighted by Gasteiger charge is 2.08. The molecule has 0 spiro atoms. The summed E-state index contributed by atoms with van der Waals surface area (Å²) in [4.78, 5) is 0. The molecule has 0 aliphatic rings. The zero-order chi connectivity index (χ0) is 10.2. The second kappa shape index (κ2) is 6.60. The third kappa shape index (κ3) is 3.50. The third-order valence-corrected chi connectivity index (χ3v) is 2.33. The Hall–Kier alpha value is -0.830. The molecule has 1 aromatic rings. The van der Waals surface area contributed by atoms with Gasteiger partial charge >= 0.3 is 0 Å². The molecule has 1 rings (SSSR count). The van der Waals surface area contributed by atoms with Crippen molar-refractivity contribution in [2.75, 3.05) is 13.1 Å². The molecular formula is C11H21N3. The fourth-order valence-electron chi connectivity index (χ4n) is 1.60. The van der Waals surface area contributed by atoms with Crippen LogP contribution in [-0.4, -0.2) is 22.9 Å². The number of rotatable bonds is 7. The first-order valence-corrected chi connectivity index (χ1v) is 5.58. The summed E-state index contributed by atoms with van der Waals surface area (Å²) >= 11 is 0. The zero-order valence-corrected chi connectivity index (χ0v) is 9.24. The van der Waals surface area contributed by atoms with Crippen molar-refractivity contribution in [1.82, 2.24) is 15.1 Å². The second-order valence-electron chi connectivity index (χ2n) is 3.63. The molecule has 1 unspecified atom stereocenters.